The van der Waals surface area contributed by atoms with Crippen LogP contribution in [0.1, 0.15) is 33.1 Å². The summed E-state index contributed by atoms with van der Waals surface area (Å²) in [6.07, 6.45) is 2.29. The van der Waals surface area contributed by atoms with E-state index in [1.165, 1.54) is 17.5 Å². The Bertz CT molecular complexity index is 762. The molecule has 6 nitrogen and oxygen atoms in total. The second-order valence-electron chi connectivity index (χ2n) is 7.24. The van der Waals surface area contributed by atoms with Crippen LogP contribution in [-0.4, -0.2) is 56.3 Å². The van der Waals surface area contributed by atoms with Gasteiger partial charge < -0.3 is 9.64 Å². The third kappa shape index (κ3) is 3.15. The van der Waals surface area contributed by atoms with Gasteiger partial charge in [0.05, 0.1) is 17.4 Å². The molecule has 2 heterocycles. The molecule has 2 aliphatic heterocycles. The molecule has 3 rings (SSSR count). The summed E-state index contributed by atoms with van der Waals surface area (Å²) < 4.78 is 32.6. The van der Waals surface area contributed by atoms with Crippen LogP contribution in [0.2, 0.25) is 0 Å². The van der Waals surface area contributed by atoms with Crippen molar-refractivity contribution >= 4 is 15.9 Å². The number of methoxy groups -OCH3 is 1. The Hall–Kier alpha value is -1.60. The molecule has 1 atom stereocenters. The van der Waals surface area contributed by atoms with Gasteiger partial charge in [0.15, 0.2) is 0 Å². The van der Waals surface area contributed by atoms with Gasteiger partial charge in [-0.05, 0) is 45.2 Å². The van der Waals surface area contributed by atoms with Crippen LogP contribution < -0.4 is 4.74 Å². The number of amides is 1. The molecule has 138 valence electrons. The normalized spacial score (nSPS) is 25.1. The van der Waals surface area contributed by atoms with Gasteiger partial charge in [-0.2, -0.15) is 4.31 Å². The van der Waals surface area contributed by atoms with Crippen molar-refractivity contribution in [2.45, 2.75) is 44.0 Å². The van der Waals surface area contributed by atoms with Crippen molar-refractivity contribution in [1.82, 2.24) is 9.21 Å². The highest BCUT2D eigenvalue weighted by Gasteiger charge is 2.51. The Morgan fingerprint density at radius 2 is 1.96 bits per heavy atom. The number of sulfonamides is 1. The predicted octanol–water partition coefficient (Wildman–Crippen LogP) is 2.11. The molecule has 1 aromatic carbocycles. The molecule has 0 radical (unpaired) electrons. The van der Waals surface area contributed by atoms with E-state index >= 15 is 0 Å². The van der Waals surface area contributed by atoms with Crippen molar-refractivity contribution in [1.29, 1.82) is 0 Å². The van der Waals surface area contributed by atoms with E-state index < -0.39 is 15.4 Å². The van der Waals surface area contributed by atoms with E-state index in [9.17, 15) is 13.2 Å². The van der Waals surface area contributed by atoms with Gasteiger partial charge in [0, 0.05) is 31.7 Å². The molecule has 0 N–H and O–H groups in total. The Kier molecular flexibility index (Phi) is 4.81. The average Bonchev–Trinajstić information content (AvgIpc) is 3.03. The van der Waals surface area contributed by atoms with Crippen LogP contribution in [0.15, 0.2) is 29.2 Å². The fourth-order valence-corrected chi connectivity index (χ4v) is 5.49. The van der Waals surface area contributed by atoms with Crippen molar-refractivity contribution < 1.29 is 17.9 Å². The van der Waals surface area contributed by atoms with Gasteiger partial charge in [0.2, 0.25) is 15.9 Å². The lowest BCUT2D eigenvalue weighted by molar-refractivity contribution is -0.147. The third-order valence-corrected chi connectivity index (χ3v) is 7.23. The van der Waals surface area contributed by atoms with Gasteiger partial charge in [-0.25, -0.2) is 8.42 Å². The summed E-state index contributed by atoms with van der Waals surface area (Å²) in [6, 6.07) is 6.64. The first-order valence-electron chi connectivity index (χ1n) is 8.75. The van der Waals surface area contributed by atoms with Crippen molar-refractivity contribution in [2.75, 3.05) is 26.7 Å². The molecule has 1 unspecified atom stereocenters. The van der Waals surface area contributed by atoms with Crippen LogP contribution in [0.5, 0.6) is 5.75 Å². The highest BCUT2D eigenvalue weighted by Crippen LogP contribution is 2.42. The van der Waals surface area contributed by atoms with E-state index in [-0.39, 0.29) is 23.4 Å². The van der Waals surface area contributed by atoms with E-state index in [0.717, 1.165) is 19.4 Å². The van der Waals surface area contributed by atoms with Crippen LogP contribution >= 0.6 is 0 Å². The molecule has 1 spiro atoms. The number of carbonyl (C=O) groups is 1. The highest BCUT2D eigenvalue weighted by atomic mass is 32.2. The topological polar surface area (TPSA) is 66.9 Å². The molecule has 2 saturated heterocycles. The molecular formula is C18H26N2O4S. The first-order chi connectivity index (χ1) is 11.8. The van der Waals surface area contributed by atoms with E-state index in [4.69, 9.17) is 4.74 Å². The molecular weight excluding hydrogens is 340 g/mol. The minimum atomic E-state index is -3.63. The van der Waals surface area contributed by atoms with Gasteiger partial charge in [0.25, 0.3) is 0 Å². The van der Waals surface area contributed by atoms with E-state index in [1.54, 1.807) is 18.2 Å². The Morgan fingerprint density at radius 1 is 1.20 bits per heavy atom. The largest absolute Gasteiger partial charge is 0.497 e. The lowest BCUT2D eigenvalue weighted by Gasteiger charge is -2.41. The fraction of sp³-hybridized carbons (Fsp3) is 0.611. The van der Waals surface area contributed by atoms with Gasteiger partial charge >= 0.3 is 0 Å². The second-order valence-corrected chi connectivity index (χ2v) is 9.18. The smallest absolute Gasteiger partial charge is 0.243 e. The van der Waals surface area contributed by atoms with Crippen molar-refractivity contribution in [2.24, 2.45) is 5.41 Å². The molecule has 0 aliphatic carbocycles. The van der Waals surface area contributed by atoms with Gasteiger partial charge in [-0.1, -0.05) is 6.07 Å². The number of nitrogens with zero attached hydrogens (tertiary/aromatic N) is 2. The molecule has 2 fully saturated rings. The second kappa shape index (κ2) is 6.61. The van der Waals surface area contributed by atoms with Crippen LogP contribution in [0.25, 0.3) is 0 Å². The Morgan fingerprint density at radius 3 is 2.64 bits per heavy atom. The van der Waals surface area contributed by atoms with Gasteiger partial charge in [0.1, 0.15) is 5.75 Å². The van der Waals surface area contributed by atoms with Crippen LogP contribution in [0.3, 0.4) is 0 Å². The standard InChI is InChI=1S/C18H26N2O4S/c1-14(2)20-10-5-8-18(17(20)21)9-11-19(13-18)25(22,23)16-7-4-6-15(12-16)24-3/h4,6-7,12,14H,5,8-11,13H2,1-3H3. The Balaban J connectivity index is 1.85. The van der Waals surface area contributed by atoms with Crippen molar-refractivity contribution in [3.63, 3.8) is 0 Å². The Labute approximate surface area is 149 Å². The molecule has 0 saturated carbocycles. The minimum Gasteiger partial charge on any atom is -0.497 e. The van der Waals surface area contributed by atoms with Gasteiger partial charge in [-0.15, -0.1) is 0 Å². The van der Waals surface area contributed by atoms with Gasteiger partial charge in [-0.3, -0.25) is 4.79 Å². The highest BCUT2D eigenvalue weighted by molar-refractivity contribution is 7.89. The predicted molar refractivity (Wildman–Crippen MR) is 94.9 cm³/mol. The molecule has 7 heteroatoms. The number of likely N-dealkylation sites (tertiary alicyclic amines) is 1. The van der Waals surface area contributed by atoms with Crippen molar-refractivity contribution in [3.05, 3.63) is 24.3 Å². The number of benzene rings is 1. The maximum absolute atomic E-state index is 13.0. The summed E-state index contributed by atoms with van der Waals surface area (Å²) >= 11 is 0. The van der Waals surface area contributed by atoms with E-state index in [0.29, 0.717) is 18.7 Å². The van der Waals surface area contributed by atoms with Crippen LogP contribution in [-0.2, 0) is 14.8 Å². The average molecular weight is 366 g/mol. The number of hydrogen-bond donors (Lipinski definition) is 0. The molecule has 1 aromatic rings. The van der Waals surface area contributed by atoms with E-state index in [2.05, 4.69) is 0 Å². The molecule has 0 bridgehead atoms. The zero-order valence-electron chi connectivity index (χ0n) is 15.1. The zero-order chi connectivity index (χ0) is 18.2. The third-order valence-electron chi connectivity index (χ3n) is 5.39. The van der Waals surface area contributed by atoms with Crippen LogP contribution in [0.4, 0.5) is 0 Å². The molecule has 1 amide bonds. The summed E-state index contributed by atoms with van der Waals surface area (Å²) in [5.74, 6) is 0.617. The number of rotatable bonds is 4. The summed E-state index contributed by atoms with van der Waals surface area (Å²) in [7, 11) is -2.11. The lowest BCUT2D eigenvalue weighted by atomic mass is 9.78. The SMILES string of the molecule is COc1cccc(S(=O)(=O)N2CCC3(CCCN(C(C)C)C3=O)C2)c1. The first kappa shape index (κ1) is 18.2. The summed E-state index contributed by atoms with van der Waals surface area (Å²) in [5, 5.41) is 0. The molecule has 25 heavy (non-hydrogen) atoms. The summed E-state index contributed by atoms with van der Waals surface area (Å²) in [5.41, 5.74) is -0.561. The minimum absolute atomic E-state index is 0.108. The maximum Gasteiger partial charge on any atom is 0.243 e. The molecule has 0 aromatic heterocycles. The zero-order valence-corrected chi connectivity index (χ0v) is 15.9. The van der Waals surface area contributed by atoms with E-state index in [1.807, 2.05) is 18.7 Å². The number of piperidine rings is 1. The number of carbonyl (C=O) groups excluding carboxylic acids is 1. The first-order valence-corrected chi connectivity index (χ1v) is 10.2. The lowest BCUT2D eigenvalue weighted by Crippen LogP contribution is -2.52. The van der Waals surface area contributed by atoms with Crippen molar-refractivity contribution in [3.8, 4) is 5.75 Å². The quantitative estimate of drug-likeness (QED) is 0.818. The van der Waals surface area contributed by atoms with Crippen LogP contribution in [0, 0.1) is 5.41 Å². The summed E-state index contributed by atoms with van der Waals surface area (Å²) in [4.78, 5) is 15.1. The molecule has 2 aliphatic rings. The summed E-state index contributed by atoms with van der Waals surface area (Å²) in [6.45, 7) is 5.44. The number of ether oxygens (including phenoxy) is 1. The maximum atomic E-state index is 13.0. The monoisotopic (exact) mass is 366 g/mol. The fourth-order valence-electron chi connectivity index (χ4n) is 3.92. The number of hydrogen-bond acceptors (Lipinski definition) is 4.